The van der Waals surface area contributed by atoms with Crippen molar-refractivity contribution in [3.63, 3.8) is 0 Å². The molecule has 3 rings (SSSR count). The van der Waals surface area contributed by atoms with Crippen molar-refractivity contribution < 1.29 is 9.53 Å². The van der Waals surface area contributed by atoms with Crippen LogP contribution in [-0.4, -0.2) is 35.0 Å². The first-order valence-electron chi connectivity index (χ1n) is 7.92. The molecule has 0 aliphatic carbocycles. The van der Waals surface area contributed by atoms with Gasteiger partial charge in [-0.25, -0.2) is 4.98 Å². The zero-order valence-corrected chi connectivity index (χ0v) is 13.2. The number of likely N-dealkylation sites (tertiary alicyclic amines) is 1. The van der Waals surface area contributed by atoms with Gasteiger partial charge in [0.1, 0.15) is 6.10 Å². The standard InChI is InChI=1S/C18H22N2O2/c1-13(2)11-18(21)20-10-9-15(12-20)22-17-8-7-14-5-3-4-6-16(14)19-17/h3-8,13,15H,9-12H2,1-2H3. The lowest BCUT2D eigenvalue weighted by Gasteiger charge is -2.18. The van der Waals surface area contributed by atoms with Crippen LogP contribution in [0.1, 0.15) is 26.7 Å². The number of amides is 1. The number of benzene rings is 1. The highest BCUT2D eigenvalue weighted by Gasteiger charge is 2.27. The molecule has 0 N–H and O–H groups in total. The summed E-state index contributed by atoms with van der Waals surface area (Å²) in [5.41, 5.74) is 0.936. The Morgan fingerprint density at radius 1 is 1.32 bits per heavy atom. The van der Waals surface area contributed by atoms with Crippen molar-refractivity contribution >= 4 is 16.8 Å². The van der Waals surface area contributed by atoms with E-state index in [0.717, 1.165) is 23.9 Å². The molecule has 0 spiro atoms. The number of fused-ring (bicyclic) bond motifs is 1. The molecule has 1 amide bonds. The summed E-state index contributed by atoms with van der Waals surface area (Å²) in [5, 5.41) is 1.11. The predicted molar refractivity (Wildman–Crippen MR) is 86.8 cm³/mol. The Bertz CT molecular complexity index is 669. The number of hydrogen-bond donors (Lipinski definition) is 0. The molecule has 0 radical (unpaired) electrons. The second-order valence-corrected chi connectivity index (χ2v) is 6.31. The Balaban J connectivity index is 1.62. The Morgan fingerprint density at radius 3 is 2.95 bits per heavy atom. The average molecular weight is 298 g/mol. The van der Waals surface area contributed by atoms with E-state index in [1.807, 2.05) is 41.3 Å². The van der Waals surface area contributed by atoms with E-state index in [1.54, 1.807) is 0 Å². The fraction of sp³-hybridized carbons (Fsp3) is 0.444. The third-order valence-corrected chi connectivity index (χ3v) is 3.94. The zero-order valence-electron chi connectivity index (χ0n) is 13.2. The summed E-state index contributed by atoms with van der Waals surface area (Å²) in [6, 6.07) is 11.9. The third-order valence-electron chi connectivity index (χ3n) is 3.94. The minimum absolute atomic E-state index is 0.0461. The summed E-state index contributed by atoms with van der Waals surface area (Å²) >= 11 is 0. The van der Waals surface area contributed by atoms with Crippen LogP contribution < -0.4 is 4.74 Å². The Labute approximate surface area is 131 Å². The van der Waals surface area contributed by atoms with E-state index < -0.39 is 0 Å². The van der Waals surface area contributed by atoms with Gasteiger partial charge in [0, 0.05) is 30.8 Å². The van der Waals surface area contributed by atoms with Crippen LogP contribution in [0.15, 0.2) is 36.4 Å². The number of pyridine rings is 1. The summed E-state index contributed by atoms with van der Waals surface area (Å²) < 4.78 is 5.96. The topological polar surface area (TPSA) is 42.4 Å². The molecule has 116 valence electrons. The molecule has 2 aromatic rings. The smallest absolute Gasteiger partial charge is 0.222 e. The van der Waals surface area contributed by atoms with Gasteiger partial charge in [0.15, 0.2) is 0 Å². The summed E-state index contributed by atoms with van der Waals surface area (Å²) in [6.07, 6.45) is 1.53. The first-order chi connectivity index (χ1) is 10.6. The van der Waals surface area contributed by atoms with Gasteiger partial charge >= 0.3 is 0 Å². The fourth-order valence-electron chi connectivity index (χ4n) is 2.81. The maximum atomic E-state index is 12.1. The molecule has 2 heterocycles. The number of nitrogens with zero attached hydrogens (tertiary/aromatic N) is 2. The molecule has 4 nitrogen and oxygen atoms in total. The van der Waals surface area contributed by atoms with Crippen LogP contribution in [0.3, 0.4) is 0 Å². The highest BCUT2D eigenvalue weighted by atomic mass is 16.5. The van der Waals surface area contributed by atoms with E-state index in [4.69, 9.17) is 4.74 Å². The van der Waals surface area contributed by atoms with Crippen LogP contribution in [0.2, 0.25) is 0 Å². The molecular weight excluding hydrogens is 276 g/mol. The molecule has 1 aromatic heterocycles. The summed E-state index contributed by atoms with van der Waals surface area (Å²) in [4.78, 5) is 18.5. The predicted octanol–water partition coefficient (Wildman–Crippen LogP) is 3.26. The maximum Gasteiger partial charge on any atom is 0.222 e. The number of carbonyl (C=O) groups excluding carboxylic acids is 1. The van der Waals surface area contributed by atoms with Gasteiger partial charge in [0.2, 0.25) is 11.8 Å². The van der Waals surface area contributed by atoms with Crippen LogP contribution in [0, 0.1) is 5.92 Å². The van der Waals surface area contributed by atoms with Gasteiger partial charge in [-0.05, 0) is 18.1 Å². The minimum Gasteiger partial charge on any atom is -0.472 e. The fourth-order valence-corrected chi connectivity index (χ4v) is 2.81. The van der Waals surface area contributed by atoms with Crippen molar-refractivity contribution in [3.8, 4) is 5.88 Å². The van der Waals surface area contributed by atoms with Gasteiger partial charge in [0.25, 0.3) is 0 Å². The van der Waals surface area contributed by atoms with Crippen LogP contribution in [0.25, 0.3) is 10.9 Å². The van der Waals surface area contributed by atoms with Crippen LogP contribution in [0.5, 0.6) is 5.88 Å². The monoisotopic (exact) mass is 298 g/mol. The molecule has 0 saturated carbocycles. The van der Waals surface area contributed by atoms with Crippen LogP contribution >= 0.6 is 0 Å². The molecule has 1 unspecified atom stereocenters. The summed E-state index contributed by atoms with van der Waals surface area (Å²) in [7, 11) is 0. The molecular formula is C18H22N2O2. The lowest BCUT2D eigenvalue weighted by molar-refractivity contribution is -0.131. The molecule has 1 aliphatic rings. The minimum atomic E-state index is 0.0461. The van der Waals surface area contributed by atoms with E-state index >= 15 is 0 Å². The third kappa shape index (κ3) is 3.38. The van der Waals surface area contributed by atoms with Gasteiger partial charge in [-0.2, -0.15) is 0 Å². The van der Waals surface area contributed by atoms with Crippen molar-refractivity contribution in [2.24, 2.45) is 5.92 Å². The van der Waals surface area contributed by atoms with E-state index in [9.17, 15) is 4.79 Å². The zero-order chi connectivity index (χ0) is 15.5. The van der Waals surface area contributed by atoms with E-state index in [-0.39, 0.29) is 12.0 Å². The number of para-hydroxylation sites is 1. The average Bonchev–Trinajstić information content (AvgIpc) is 2.95. The molecule has 22 heavy (non-hydrogen) atoms. The Hall–Kier alpha value is -2.10. The van der Waals surface area contributed by atoms with Crippen LogP contribution in [-0.2, 0) is 4.79 Å². The number of rotatable bonds is 4. The SMILES string of the molecule is CC(C)CC(=O)N1CCC(Oc2ccc3ccccc3n2)C1. The van der Waals surface area contributed by atoms with Crippen molar-refractivity contribution in [3.05, 3.63) is 36.4 Å². The van der Waals surface area contributed by atoms with Gasteiger partial charge in [-0.3, -0.25) is 4.79 Å². The molecule has 1 aromatic carbocycles. The Kier molecular flexibility index (Phi) is 4.27. The van der Waals surface area contributed by atoms with E-state index in [2.05, 4.69) is 18.8 Å². The second-order valence-electron chi connectivity index (χ2n) is 6.31. The quantitative estimate of drug-likeness (QED) is 0.870. The van der Waals surface area contributed by atoms with Gasteiger partial charge < -0.3 is 9.64 Å². The highest BCUT2D eigenvalue weighted by Crippen LogP contribution is 2.21. The maximum absolute atomic E-state index is 12.1. The summed E-state index contributed by atoms with van der Waals surface area (Å²) in [6.45, 7) is 5.59. The molecule has 1 saturated heterocycles. The largest absolute Gasteiger partial charge is 0.472 e. The van der Waals surface area contributed by atoms with Crippen molar-refractivity contribution in [1.29, 1.82) is 0 Å². The van der Waals surface area contributed by atoms with Crippen molar-refractivity contribution in [1.82, 2.24) is 9.88 Å². The van der Waals surface area contributed by atoms with Crippen LogP contribution in [0.4, 0.5) is 0 Å². The Morgan fingerprint density at radius 2 is 2.14 bits per heavy atom. The number of aromatic nitrogens is 1. The first kappa shape index (κ1) is 14.8. The van der Waals surface area contributed by atoms with Gasteiger partial charge in [-0.15, -0.1) is 0 Å². The number of carbonyl (C=O) groups is 1. The van der Waals surface area contributed by atoms with Crippen molar-refractivity contribution in [2.45, 2.75) is 32.8 Å². The highest BCUT2D eigenvalue weighted by molar-refractivity contribution is 5.79. The number of hydrogen-bond acceptors (Lipinski definition) is 3. The summed E-state index contributed by atoms with van der Waals surface area (Å²) in [5.74, 6) is 1.27. The number of ether oxygens (including phenoxy) is 1. The van der Waals surface area contributed by atoms with Gasteiger partial charge in [0.05, 0.1) is 12.1 Å². The lowest BCUT2D eigenvalue weighted by Crippen LogP contribution is -2.31. The lowest BCUT2D eigenvalue weighted by atomic mass is 10.1. The molecule has 0 bridgehead atoms. The van der Waals surface area contributed by atoms with Gasteiger partial charge in [-0.1, -0.05) is 32.0 Å². The van der Waals surface area contributed by atoms with E-state index in [0.29, 0.717) is 24.8 Å². The molecule has 4 heteroatoms. The van der Waals surface area contributed by atoms with Crippen molar-refractivity contribution in [2.75, 3.05) is 13.1 Å². The first-order valence-corrected chi connectivity index (χ1v) is 7.92. The normalized spacial score (nSPS) is 18.1. The van der Waals surface area contributed by atoms with E-state index in [1.165, 1.54) is 0 Å². The molecule has 1 atom stereocenters. The molecule has 1 fully saturated rings. The second kappa shape index (κ2) is 6.34. The molecule has 1 aliphatic heterocycles.